The maximum absolute atomic E-state index is 11.8. The summed E-state index contributed by atoms with van der Waals surface area (Å²) in [5.41, 5.74) is 1.16. The van der Waals surface area contributed by atoms with E-state index >= 15 is 0 Å². The number of amides is 1. The highest BCUT2D eigenvalue weighted by atomic mass is 32.2. The zero-order chi connectivity index (χ0) is 17.5. The number of nitrogens with zero attached hydrogens (tertiary/aromatic N) is 2. The maximum Gasteiger partial charge on any atom is 0.271 e. The van der Waals surface area contributed by atoms with Gasteiger partial charge >= 0.3 is 0 Å². The smallest absolute Gasteiger partial charge is 0.271 e. The first-order valence-corrected chi connectivity index (χ1v) is 7.96. The number of benzene rings is 2. The lowest BCUT2D eigenvalue weighted by Gasteiger charge is -2.05. The van der Waals surface area contributed by atoms with Crippen molar-refractivity contribution < 1.29 is 14.6 Å². The van der Waals surface area contributed by atoms with Gasteiger partial charge in [-0.05, 0) is 11.6 Å². The molecule has 0 atom stereocenters. The molecule has 0 unspecified atom stereocenters. The van der Waals surface area contributed by atoms with Crippen LogP contribution in [-0.4, -0.2) is 21.5 Å². The van der Waals surface area contributed by atoms with Crippen LogP contribution in [0.1, 0.15) is 5.56 Å². The van der Waals surface area contributed by atoms with E-state index < -0.39 is 9.85 Å². The Morgan fingerprint density at radius 3 is 2.29 bits per heavy atom. The predicted octanol–water partition coefficient (Wildman–Crippen LogP) is 3.37. The lowest BCUT2D eigenvalue weighted by molar-refractivity contribution is -0.385. The standard InChI is InChI=1S/C15H13N3O5S/c19-15(16-12-2-1-3-14(8-12)18(22)23)10-24-9-11-4-6-13(7-5-11)17(20)21/h1-8H,9-10H2,(H,16,19). The van der Waals surface area contributed by atoms with Gasteiger partial charge in [-0.2, -0.15) is 0 Å². The number of nitrogens with one attached hydrogen (secondary N) is 1. The van der Waals surface area contributed by atoms with Crippen LogP contribution in [0.3, 0.4) is 0 Å². The van der Waals surface area contributed by atoms with Crippen molar-refractivity contribution >= 4 is 34.7 Å². The zero-order valence-electron chi connectivity index (χ0n) is 12.4. The lowest BCUT2D eigenvalue weighted by atomic mass is 10.2. The molecule has 0 heterocycles. The van der Waals surface area contributed by atoms with E-state index in [0.29, 0.717) is 11.4 Å². The molecule has 0 saturated heterocycles. The number of non-ortho nitro benzene ring substituents is 2. The van der Waals surface area contributed by atoms with Gasteiger partial charge in [-0.1, -0.05) is 18.2 Å². The molecule has 24 heavy (non-hydrogen) atoms. The van der Waals surface area contributed by atoms with Gasteiger partial charge in [0.2, 0.25) is 5.91 Å². The summed E-state index contributed by atoms with van der Waals surface area (Å²) in [6.45, 7) is 0. The molecule has 0 radical (unpaired) electrons. The van der Waals surface area contributed by atoms with Crippen LogP contribution >= 0.6 is 11.8 Å². The van der Waals surface area contributed by atoms with Gasteiger partial charge in [-0.15, -0.1) is 11.8 Å². The second kappa shape index (κ2) is 8.06. The molecule has 9 heteroatoms. The van der Waals surface area contributed by atoms with E-state index in [9.17, 15) is 25.0 Å². The summed E-state index contributed by atoms with van der Waals surface area (Å²) in [5.74, 6) is 0.419. The minimum Gasteiger partial charge on any atom is -0.325 e. The SMILES string of the molecule is O=C(CSCc1ccc([N+](=O)[O-])cc1)Nc1cccc([N+](=O)[O-])c1. The Labute approximate surface area is 141 Å². The van der Waals surface area contributed by atoms with Crippen molar-refractivity contribution in [1.29, 1.82) is 0 Å². The van der Waals surface area contributed by atoms with Crippen LogP contribution in [0.25, 0.3) is 0 Å². The molecule has 0 fully saturated rings. The Morgan fingerprint density at radius 2 is 1.67 bits per heavy atom. The first-order chi connectivity index (χ1) is 11.5. The lowest BCUT2D eigenvalue weighted by Crippen LogP contribution is -2.14. The van der Waals surface area contributed by atoms with Crippen molar-refractivity contribution in [2.45, 2.75) is 5.75 Å². The highest BCUT2D eigenvalue weighted by Gasteiger charge is 2.09. The number of carbonyl (C=O) groups excluding carboxylic acids is 1. The number of hydrogen-bond acceptors (Lipinski definition) is 6. The van der Waals surface area contributed by atoms with E-state index in [-0.39, 0.29) is 23.0 Å². The molecule has 0 aromatic heterocycles. The minimum absolute atomic E-state index is 0.0205. The van der Waals surface area contributed by atoms with Crippen LogP contribution in [0, 0.1) is 20.2 Å². The molecule has 2 aromatic carbocycles. The van der Waals surface area contributed by atoms with Crippen molar-refractivity contribution in [1.82, 2.24) is 0 Å². The predicted molar refractivity (Wildman–Crippen MR) is 91.0 cm³/mol. The highest BCUT2D eigenvalue weighted by Crippen LogP contribution is 2.19. The molecule has 0 aliphatic carbocycles. The van der Waals surface area contributed by atoms with Gasteiger partial charge in [0.25, 0.3) is 11.4 Å². The Kier molecular flexibility index (Phi) is 5.85. The summed E-state index contributed by atoms with van der Waals surface area (Å²) >= 11 is 1.34. The second-order valence-electron chi connectivity index (χ2n) is 4.77. The number of thioether (sulfide) groups is 1. The topological polar surface area (TPSA) is 115 Å². The third-order valence-electron chi connectivity index (χ3n) is 2.99. The van der Waals surface area contributed by atoms with E-state index in [2.05, 4.69) is 5.32 Å². The van der Waals surface area contributed by atoms with Crippen molar-refractivity contribution in [3.05, 3.63) is 74.3 Å². The zero-order valence-corrected chi connectivity index (χ0v) is 13.2. The molecule has 124 valence electrons. The Balaban J connectivity index is 1.82. The summed E-state index contributed by atoms with van der Waals surface area (Å²) in [6, 6.07) is 11.8. The van der Waals surface area contributed by atoms with Gasteiger partial charge in [0.1, 0.15) is 0 Å². The van der Waals surface area contributed by atoms with Gasteiger partial charge < -0.3 is 5.32 Å². The number of nitro benzene ring substituents is 2. The third-order valence-corrected chi connectivity index (χ3v) is 3.99. The molecule has 1 N–H and O–H groups in total. The average Bonchev–Trinajstić information content (AvgIpc) is 2.55. The van der Waals surface area contributed by atoms with Gasteiger partial charge in [0.05, 0.1) is 15.6 Å². The molecule has 1 amide bonds. The van der Waals surface area contributed by atoms with E-state index in [1.807, 2.05) is 0 Å². The maximum atomic E-state index is 11.8. The number of anilines is 1. The summed E-state index contributed by atoms with van der Waals surface area (Å²) in [4.78, 5) is 32.1. The number of nitro groups is 2. The third kappa shape index (κ3) is 5.06. The highest BCUT2D eigenvalue weighted by molar-refractivity contribution is 7.99. The van der Waals surface area contributed by atoms with Crippen LogP contribution in [0.4, 0.5) is 17.1 Å². The van der Waals surface area contributed by atoms with E-state index in [1.165, 1.54) is 42.1 Å². The molecular weight excluding hydrogens is 334 g/mol. The molecule has 0 bridgehead atoms. The first-order valence-electron chi connectivity index (χ1n) is 6.81. The molecule has 0 aliphatic rings. The minimum atomic E-state index is -0.529. The second-order valence-corrected chi connectivity index (χ2v) is 5.76. The molecule has 8 nitrogen and oxygen atoms in total. The van der Waals surface area contributed by atoms with E-state index in [1.54, 1.807) is 18.2 Å². The van der Waals surface area contributed by atoms with Gasteiger partial charge in [0.15, 0.2) is 0 Å². The largest absolute Gasteiger partial charge is 0.325 e. The van der Waals surface area contributed by atoms with Crippen LogP contribution in [-0.2, 0) is 10.5 Å². The Bertz CT molecular complexity index is 764. The van der Waals surface area contributed by atoms with Crippen LogP contribution in [0.2, 0.25) is 0 Å². The molecule has 2 rings (SSSR count). The fourth-order valence-corrected chi connectivity index (χ4v) is 2.66. The van der Waals surface area contributed by atoms with Crippen LogP contribution in [0.5, 0.6) is 0 Å². The molecule has 2 aromatic rings. The van der Waals surface area contributed by atoms with Crippen molar-refractivity contribution in [2.24, 2.45) is 0 Å². The molecule has 0 aliphatic heterocycles. The van der Waals surface area contributed by atoms with Crippen molar-refractivity contribution in [2.75, 3.05) is 11.1 Å². The first kappa shape index (κ1) is 17.4. The fraction of sp³-hybridized carbons (Fsp3) is 0.133. The summed E-state index contributed by atoms with van der Waals surface area (Å²) in [7, 11) is 0. The number of hydrogen-bond donors (Lipinski definition) is 1. The van der Waals surface area contributed by atoms with Crippen molar-refractivity contribution in [3.63, 3.8) is 0 Å². The van der Waals surface area contributed by atoms with E-state index in [4.69, 9.17) is 0 Å². The average molecular weight is 347 g/mol. The molecule has 0 spiro atoms. The van der Waals surface area contributed by atoms with Gasteiger partial charge in [0, 0.05) is 35.7 Å². The Hall–Kier alpha value is -2.94. The quantitative estimate of drug-likeness (QED) is 0.606. The monoisotopic (exact) mass is 347 g/mol. The molecule has 0 saturated carbocycles. The number of rotatable bonds is 7. The summed E-state index contributed by atoms with van der Waals surface area (Å²) in [5, 5.41) is 23.8. The Morgan fingerprint density at radius 1 is 1.00 bits per heavy atom. The fourth-order valence-electron chi connectivity index (χ4n) is 1.87. The number of carbonyl (C=O) groups is 1. The molecular formula is C15H13N3O5S. The summed E-state index contributed by atoms with van der Waals surface area (Å²) < 4.78 is 0. The van der Waals surface area contributed by atoms with Gasteiger partial charge in [-0.3, -0.25) is 25.0 Å². The van der Waals surface area contributed by atoms with Crippen LogP contribution < -0.4 is 5.32 Å². The summed E-state index contributed by atoms with van der Waals surface area (Å²) in [6.07, 6.45) is 0. The van der Waals surface area contributed by atoms with Crippen LogP contribution in [0.15, 0.2) is 48.5 Å². The normalized spacial score (nSPS) is 10.2. The van der Waals surface area contributed by atoms with E-state index in [0.717, 1.165) is 5.56 Å². The van der Waals surface area contributed by atoms with Crippen molar-refractivity contribution in [3.8, 4) is 0 Å². The van der Waals surface area contributed by atoms with Gasteiger partial charge in [-0.25, -0.2) is 0 Å².